The lowest BCUT2D eigenvalue weighted by molar-refractivity contribution is -0.177. The Morgan fingerprint density at radius 3 is 1.80 bits per heavy atom. The molecule has 15 nitrogen and oxygen atoms in total. The zero-order chi connectivity index (χ0) is 23.5. The van der Waals surface area contributed by atoms with Crippen LogP contribution in [-0.4, -0.2) is 82.0 Å². The van der Waals surface area contributed by atoms with Crippen LogP contribution >= 0.6 is 0 Å². The maximum Gasteiger partial charge on any atom is 0.336 e. The summed E-state index contributed by atoms with van der Waals surface area (Å²) in [5, 5.41) is 27.8. The summed E-state index contributed by atoms with van der Waals surface area (Å²) in [6, 6.07) is -2.83. The van der Waals surface area contributed by atoms with Gasteiger partial charge in [-0.05, 0) is 12.8 Å². The van der Waals surface area contributed by atoms with Gasteiger partial charge in [0.2, 0.25) is 0 Å². The Labute approximate surface area is 170 Å². The van der Waals surface area contributed by atoms with Gasteiger partial charge < -0.3 is 47.7 Å². The van der Waals surface area contributed by atoms with Crippen LogP contribution in [-0.2, 0) is 33.4 Å². The predicted molar refractivity (Wildman–Crippen MR) is 97.0 cm³/mol. The first-order valence-corrected chi connectivity index (χ1v) is 8.44. The van der Waals surface area contributed by atoms with Crippen LogP contribution in [0.2, 0.25) is 0 Å². The Morgan fingerprint density at radius 2 is 1.40 bits per heavy atom. The van der Waals surface area contributed by atoms with Crippen molar-refractivity contribution in [1.29, 1.82) is 0 Å². The second-order valence-electron chi connectivity index (χ2n) is 6.12. The number of hydrogen-bond acceptors (Lipinski definition) is 12. The molecular formula is C15H25N5O10. The number of carbonyl (C=O) groups excluding carboxylic acids is 4. The molecule has 11 N–H and O–H groups in total. The molecule has 0 amide bonds. The number of carboxylic acid groups (broad SMARTS) is 1. The highest BCUT2D eigenvalue weighted by Crippen LogP contribution is 2.18. The highest BCUT2D eigenvalue weighted by atomic mass is 16.6. The number of aliphatic imine (C=N–C) groups is 1. The average molecular weight is 435 g/mol. The topological polar surface area (TPSA) is 281 Å². The Bertz CT molecular complexity index is 693. The third kappa shape index (κ3) is 9.87. The molecule has 0 fully saturated rings. The number of ether oxygens (including phenoxy) is 2. The minimum absolute atomic E-state index is 0.0334. The molecule has 30 heavy (non-hydrogen) atoms. The zero-order valence-electron chi connectivity index (χ0n) is 15.9. The molecule has 15 heteroatoms. The van der Waals surface area contributed by atoms with Gasteiger partial charge in [-0.3, -0.25) is 14.6 Å². The van der Waals surface area contributed by atoms with Crippen LogP contribution in [0.15, 0.2) is 4.99 Å². The first-order valence-electron chi connectivity index (χ1n) is 8.44. The van der Waals surface area contributed by atoms with E-state index in [1.165, 1.54) is 0 Å². The van der Waals surface area contributed by atoms with Crippen LogP contribution in [0.25, 0.3) is 0 Å². The summed E-state index contributed by atoms with van der Waals surface area (Å²) in [5.74, 6) is -7.79. The maximum absolute atomic E-state index is 11.8. The number of aliphatic hydroxyl groups is 2. The number of esters is 4. The second kappa shape index (κ2) is 12.4. The molecule has 0 spiro atoms. The standard InChI is InChI=1S/C15H25N5O10/c16-7(2-1-3-20-14(18)19)11(24)29-9(22)4-15(28,13(26)27)5-10(23)30-12(25)8(17)6-21/h7-8,21,28H,1-6,16-17H2,(H,26,27)(H4,18,19,20)/t7-,8-,15?/m0/s1. The second-order valence-corrected chi connectivity index (χ2v) is 6.12. The zero-order valence-corrected chi connectivity index (χ0v) is 15.9. The van der Waals surface area contributed by atoms with E-state index in [0.29, 0.717) is 0 Å². The molecular weight excluding hydrogens is 410 g/mol. The lowest BCUT2D eigenvalue weighted by atomic mass is 9.96. The molecule has 0 bridgehead atoms. The number of rotatable bonds is 12. The number of guanidine groups is 1. The van der Waals surface area contributed by atoms with Crippen molar-refractivity contribution in [2.24, 2.45) is 27.9 Å². The maximum atomic E-state index is 11.8. The lowest BCUT2D eigenvalue weighted by Crippen LogP contribution is -2.45. The molecule has 0 radical (unpaired) electrons. The molecule has 0 aromatic carbocycles. The molecule has 170 valence electrons. The Hall–Kier alpha value is -3.14. The molecule has 0 saturated carbocycles. The number of aliphatic carboxylic acids is 1. The van der Waals surface area contributed by atoms with Crippen molar-refractivity contribution in [2.75, 3.05) is 13.2 Å². The van der Waals surface area contributed by atoms with Gasteiger partial charge in [-0.2, -0.15) is 0 Å². The van der Waals surface area contributed by atoms with E-state index >= 15 is 0 Å². The van der Waals surface area contributed by atoms with E-state index in [9.17, 15) is 29.1 Å². The van der Waals surface area contributed by atoms with E-state index in [1.807, 2.05) is 0 Å². The molecule has 0 heterocycles. The molecule has 0 aliphatic carbocycles. The predicted octanol–water partition coefficient (Wildman–Crippen LogP) is -4.58. The summed E-state index contributed by atoms with van der Waals surface area (Å²) in [6.45, 7) is -0.688. The van der Waals surface area contributed by atoms with Crippen molar-refractivity contribution in [3.8, 4) is 0 Å². The van der Waals surface area contributed by atoms with Gasteiger partial charge in [0.1, 0.15) is 12.1 Å². The molecule has 0 aromatic rings. The van der Waals surface area contributed by atoms with Crippen molar-refractivity contribution in [1.82, 2.24) is 0 Å². The number of nitrogens with two attached hydrogens (primary N) is 4. The van der Waals surface area contributed by atoms with Gasteiger partial charge in [-0.15, -0.1) is 0 Å². The third-order valence-corrected chi connectivity index (χ3v) is 3.47. The molecule has 0 aromatic heterocycles. The van der Waals surface area contributed by atoms with E-state index in [1.54, 1.807) is 0 Å². The fourth-order valence-corrected chi connectivity index (χ4v) is 1.85. The smallest absolute Gasteiger partial charge is 0.336 e. The van der Waals surface area contributed by atoms with Gasteiger partial charge in [0, 0.05) is 6.54 Å². The monoisotopic (exact) mass is 435 g/mol. The van der Waals surface area contributed by atoms with E-state index < -0.39 is 67.0 Å². The number of hydrogen-bond donors (Lipinski definition) is 7. The van der Waals surface area contributed by atoms with E-state index in [-0.39, 0.29) is 25.3 Å². The lowest BCUT2D eigenvalue weighted by Gasteiger charge is -2.21. The number of nitrogens with zero attached hydrogens (tertiary/aromatic N) is 1. The molecule has 0 saturated heterocycles. The van der Waals surface area contributed by atoms with E-state index in [2.05, 4.69) is 14.5 Å². The van der Waals surface area contributed by atoms with Gasteiger partial charge in [0.25, 0.3) is 0 Å². The van der Waals surface area contributed by atoms with Crippen LogP contribution in [0.4, 0.5) is 0 Å². The van der Waals surface area contributed by atoms with Crippen LogP contribution in [0.1, 0.15) is 25.7 Å². The van der Waals surface area contributed by atoms with Crippen molar-refractivity contribution < 1.29 is 48.8 Å². The highest BCUT2D eigenvalue weighted by molar-refractivity contribution is 5.95. The van der Waals surface area contributed by atoms with Gasteiger partial charge in [-0.25, -0.2) is 14.4 Å². The van der Waals surface area contributed by atoms with Crippen molar-refractivity contribution in [3.63, 3.8) is 0 Å². The average Bonchev–Trinajstić information content (AvgIpc) is 2.63. The third-order valence-electron chi connectivity index (χ3n) is 3.47. The largest absolute Gasteiger partial charge is 0.479 e. The Kier molecular flexibility index (Phi) is 11.1. The normalized spacial score (nSPS) is 14.5. The van der Waals surface area contributed by atoms with Gasteiger partial charge in [-0.1, -0.05) is 0 Å². The summed E-state index contributed by atoms with van der Waals surface area (Å²) in [7, 11) is 0. The number of aliphatic hydroxyl groups excluding tert-OH is 1. The van der Waals surface area contributed by atoms with Crippen molar-refractivity contribution >= 4 is 35.8 Å². The first-order chi connectivity index (χ1) is 13.8. The van der Waals surface area contributed by atoms with Crippen LogP contribution in [0.3, 0.4) is 0 Å². The fourth-order valence-electron chi connectivity index (χ4n) is 1.85. The summed E-state index contributed by atoms with van der Waals surface area (Å²) >= 11 is 0. The number of carbonyl (C=O) groups is 5. The summed E-state index contributed by atoms with van der Waals surface area (Å²) in [4.78, 5) is 61.4. The van der Waals surface area contributed by atoms with Crippen molar-refractivity contribution in [2.45, 2.75) is 43.4 Å². The van der Waals surface area contributed by atoms with E-state index in [4.69, 9.17) is 33.1 Å². The number of carboxylic acids is 1. The Morgan fingerprint density at radius 1 is 0.933 bits per heavy atom. The van der Waals surface area contributed by atoms with Crippen LogP contribution in [0.5, 0.6) is 0 Å². The summed E-state index contributed by atoms with van der Waals surface area (Å²) in [6.07, 6.45) is -2.37. The van der Waals surface area contributed by atoms with Gasteiger partial charge >= 0.3 is 29.8 Å². The van der Waals surface area contributed by atoms with Crippen LogP contribution < -0.4 is 22.9 Å². The van der Waals surface area contributed by atoms with Crippen molar-refractivity contribution in [3.05, 3.63) is 0 Å². The molecule has 0 rings (SSSR count). The summed E-state index contributed by atoms with van der Waals surface area (Å²) in [5.41, 5.74) is 17.8. The summed E-state index contributed by atoms with van der Waals surface area (Å²) < 4.78 is 8.54. The van der Waals surface area contributed by atoms with Crippen LogP contribution in [0, 0.1) is 0 Å². The minimum Gasteiger partial charge on any atom is -0.479 e. The molecule has 1 unspecified atom stereocenters. The minimum atomic E-state index is -3.05. The van der Waals surface area contributed by atoms with Gasteiger partial charge in [0.05, 0.1) is 19.4 Å². The fraction of sp³-hybridized carbons (Fsp3) is 0.600. The first kappa shape index (κ1) is 26.9. The quantitative estimate of drug-likeness (QED) is 0.0499. The Balaban J connectivity index is 4.81. The highest BCUT2D eigenvalue weighted by Gasteiger charge is 2.43. The molecule has 0 aliphatic heterocycles. The van der Waals surface area contributed by atoms with E-state index in [0.717, 1.165) is 0 Å². The molecule has 0 aliphatic rings. The molecule has 3 atom stereocenters. The van der Waals surface area contributed by atoms with Gasteiger partial charge in [0.15, 0.2) is 11.6 Å². The SMILES string of the molecule is NC(N)=NCCC[C@H](N)C(=O)OC(=O)CC(O)(CC(=O)OC(=O)[C@@H](N)CO)C(=O)O.